The molecule has 1 aliphatic carbocycles. The molecular formula is C22H26N6O2. The molecule has 8 heteroatoms. The Labute approximate surface area is 176 Å². The number of nitrogens with one attached hydrogen (secondary N) is 3. The Morgan fingerprint density at radius 1 is 1.27 bits per heavy atom. The van der Waals surface area contributed by atoms with E-state index in [9.17, 15) is 9.90 Å². The topological polar surface area (TPSA) is 122 Å². The average Bonchev–Trinajstić information content (AvgIpc) is 2.79. The lowest BCUT2D eigenvalue weighted by atomic mass is 9.68. The zero-order valence-corrected chi connectivity index (χ0v) is 16.9. The number of aromatic nitrogens is 1. The highest BCUT2D eigenvalue weighted by molar-refractivity contribution is 5.94. The van der Waals surface area contributed by atoms with Crippen LogP contribution in [0.25, 0.3) is 0 Å². The lowest BCUT2D eigenvalue weighted by molar-refractivity contribution is 0.0934. The van der Waals surface area contributed by atoms with E-state index in [0.717, 1.165) is 25.7 Å². The van der Waals surface area contributed by atoms with Crippen molar-refractivity contribution < 1.29 is 9.90 Å². The predicted octanol–water partition coefficient (Wildman–Crippen LogP) is 2.04. The summed E-state index contributed by atoms with van der Waals surface area (Å²) < 4.78 is 0. The molecule has 0 unspecified atom stereocenters. The highest BCUT2D eigenvalue weighted by Crippen LogP contribution is 2.39. The van der Waals surface area contributed by atoms with Gasteiger partial charge in [-0.15, -0.1) is 4.99 Å². The molecule has 1 fully saturated rings. The van der Waals surface area contributed by atoms with Crippen LogP contribution in [0, 0.1) is 11.5 Å². The number of pyridine rings is 1. The van der Waals surface area contributed by atoms with Crippen LogP contribution in [-0.4, -0.2) is 41.6 Å². The molecule has 0 bridgehead atoms. The van der Waals surface area contributed by atoms with Gasteiger partial charge in [0.05, 0.1) is 5.56 Å². The van der Waals surface area contributed by atoms with Gasteiger partial charge in [-0.1, -0.05) is 30.3 Å². The van der Waals surface area contributed by atoms with Gasteiger partial charge >= 0.3 is 0 Å². The molecule has 1 aromatic carbocycles. The molecule has 0 radical (unpaired) electrons. The van der Waals surface area contributed by atoms with Crippen LogP contribution >= 0.6 is 0 Å². The minimum Gasteiger partial charge on any atom is -0.493 e. The Kier molecular flexibility index (Phi) is 6.86. The van der Waals surface area contributed by atoms with Crippen LogP contribution in [0.3, 0.4) is 0 Å². The van der Waals surface area contributed by atoms with Gasteiger partial charge in [-0.2, -0.15) is 5.26 Å². The first-order valence-corrected chi connectivity index (χ1v) is 9.96. The fraction of sp³-hybridized carbons (Fsp3) is 0.364. The van der Waals surface area contributed by atoms with Gasteiger partial charge in [-0.05, 0) is 37.3 Å². The number of nitriles is 1. The molecular weight excluding hydrogens is 380 g/mol. The molecule has 156 valence electrons. The molecule has 1 aliphatic rings. The van der Waals surface area contributed by atoms with E-state index in [1.54, 1.807) is 19.3 Å². The van der Waals surface area contributed by atoms with E-state index >= 15 is 0 Å². The number of hydrogen-bond acceptors (Lipinski definition) is 5. The molecule has 30 heavy (non-hydrogen) atoms. The van der Waals surface area contributed by atoms with Crippen molar-refractivity contribution in [2.45, 2.75) is 37.1 Å². The number of carbonyl (C=O) groups excluding carboxylic acids is 1. The molecule has 1 saturated carbocycles. The number of rotatable bonds is 5. The SMILES string of the molecule is CN/C(=N\C#N)N[C@H]1CC[C@](CNC(=O)c2ccc(O)nc2)(c2ccccc2)CC1. The average molecular weight is 406 g/mol. The van der Waals surface area contributed by atoms with Gasteiger partial charge in [0.25, 0.3) is 5.91 Å². The first-order valence-electron chi connectivity index (χ1n) is 9.96. The molecule has 0 spiro atoms. The first kappa shape index (κ1) is 21.1. The molecule has 1 amide bonds. The Morgan fingerprint density at radius 2 is 2.00 bits per heavy atom. The number of hydrogen-bond donors (Lipinski definition) is 4. The van der Waals surface area contributed by atoms with E-state index < -0.39 is 0 Å². The largest absolute Gasteiger partial charge is 0.493 e. The summed E-state index contributed by atoms with van der Waals surface area (Å²) in [7, 11) is 1.73. The zero-order chi connectivity index (χ0) is 21.4. The highest BCUT2D eigenvalue weighted by Gasteiger charge is 2.37. The fourth-order valence-electron chi connectivity index (χ4n) is 3.95. The van der Waals surface area contributed by atoms with Gasteiger partial charge < -0.3 is 21.1 Å². The van der Waals surface area contributed by atoms with Crippen LogP contribution in [0.1, 0.15) is 41.6 Å². The van der Waals surface area contributed by atoms with Crippen molar-refractivity contribution >= 4 is 11.9 Å². The van der Waals surface area contributed by atoms with Crippen LogP contribution in [0.4, 0.5) is 0 Å². The molecule has 8 nitrogen and oxygen atoms in total. The van der Waals surface area contributed by atoms with Crippen molar-refractivity contribution in [3.05, 3.63) is 59.8 Å². The van der Waals surface area contributed by atoms with Crippen molar-refractivity contribution in [1.82, 2.24) is 20.9 Å². The van der Waals surface area contributed by atoms with Crippen molar-refractivity contribution in [3.8, 4) is 12.1 Å². The Hall–Kier alpha value is -3.60. The number of aliphatic imine (C=N–C) groups is 1. The minimum atomic E-state index is -0.211. The predicted molar refractivity (Wildman–Crippen MR) is 114 cm³/mol. The summed E-state index contributed by atoms with van der Waals surface area (Å²) in [4.78, 5) is 20.1. The van der Waals surface area contributed by atoms with Crippen LogP contribution < -0.4 is 16.0 Å². The molecule has 0 aliphatic heterocycles. The lowest BCUT2D eigenvalue weighted by Crippen LogP contribution is -2.49. The quantitative estimate of drug-likeness (QED) is 0.342. The molecule has 2 aromatic rings. The second kappa shape index (κ2) is 9.74. The molecule has 0 saturated heterocycles. The standard InChI is InChI=1S/C22H26N6O2/c1-24-21(27-15-23)28-18-9-11-22(12-10-18,17-5-3-2-4-6-17)14-26-20(30)16-7-8-19(29)25-13-16/h2-8,13,18H,9-12,14H2,1H3,(H,25,29)(H,26,30)(H2,24,27,28)/t18-,22-. The Morgan fingerprint density at radius 3 is 2.60 bits per heavy atom. The minimum absolute atomic E-state index is 0.112. The summed E-state index contributed by atoms with van der Waals surface area (Å²) in [5.41, 5.74) is 1.44. The maximum Gasteiger partial charge on any atom is 0.252 e. The first-order chi connectivity index (χ1) is 14.6. The van der Waals surface area contributed by atoms with Crippen LogP contribution in [0.5, 0.6) is 5.88 Å². The molecule has 4 N–H and O–H groups in total. The number of guanidine groups is 1. The third kappa shape index (κ3) is 5.06. The van der Waals surface area contributed by atoms with Crippen LogP contribution in [-0.2, 0) is 5.41 Å². The third-order valence-electron chi connectivity index (χ3n) is 5.67. The van der Waals surface area contributed by atoms with E-state index in [4.69, 9.17) is 5.26 Å². The molecule has 1 aromatic heterocycles. The molecule has 3 rings (SSSR count). The smallest absolute Gasteiger partial charge is 0.252 e. The number of nitrogens with zero attached hydrogens (tertiary/aromatic N) is 3. The molecule has 1 heterocycles. The van der Waals surface area contributed by atoms with Crippen molar-refractivity contribution in [2.75, 3.05) is 13.6 Å². The Bertz CT molecular complexity index is 913. The summed E-state index contributed by atoms with van der Waals surface area (Å²) in [5.74, 6) is 0.151. The van der Waals surface area contributed by atoms with E-state index in [1.165, 1.54) is 17.8 Å². The van der Waals surface area contributed by atoms with Crippen LogP contribution in [0.15, 0.2) is 53.7 Å². The van der Waals surface area contributed by atoms with Crippen molar-refractivity contribution in [3.63, 3.8) is 0 Å². The van der Waals surface area contributed by atoms with Gasteiger partial charge in [0.2, 0.25) is 18.0 Å². The van der Waals surface area contributed by atoms with E-state index in [1.807, 2.05) is 18.2 Å². The number of amides is 1. The van der Waals surface area contributed by atoms with Crippen molar-refractivity contribution in [2.24, 2.45) is 4.99 Å². The van der Waals surface area contributed by atoms with Crippen molar-refractivity contribution in [1.29, 1.82) is 5.26 Å². The number of benzene rings is 1. The zero-order valence-electron chi connectivity index (χ0n) is 16.9. The summed E-state index contributed by atoms with van der Waals surface area (Å²) in [6, 6.07) is 13.4. The summed E-state index contributed by atoms with van der Waals surface area (Å²) in [6.07, 6.45) is 6.70. The lowest BCUT2D eigenvalue weighted by Gasteiger charge is -2.41. The third-order valence-corrected chi connectivity index (χ3v) is 5.67. The maximum absolute atomic E-state index is 12.6. The monoisotopic (exact) mass is 406 g/mol. The summed E-state index contributed by atoms with van der Waals surface area (Å²) in [5, 5.41) is 27.3. The number of aromatic hydroxyl groups is 1. The second-order valence-corrected chi connectivity index (χ2v) is 7.46. The van der Waals surface area contributed by atoms with Gasteiger partial charge in [0, 0.05) is 37.3 Å². The summed E-state index contributed by atoms with van der Waals surface area (Å²) in [6.45, 7) is 0.509. The van der Waals surface area contributed by atoms with Gasteiger partial charge in [-0.3, -0.25) is 4.79 Å². The second-order valence-electron chi connectivity index (χ2n) is 7.46. The summed E-state index contributed by atoms with van der Waals surface area (Å²) >= 11 is 0. The van der Waals surface area contributed by atoms with Gasteiger partial charge in [0.15, 0.2) is 0 Å². The van der Waals surface area contributed by atoms with E-state index in [0.29, 0.717) is 18.1 Å². The van der Waals surface area contributed by atoms with Crippen LogP contribution in [0.2, 0.25) is 0 Å². The number of carbonyl (C=O) groups is 1. The maximum atomic E-state index is 12.6. The van der Waals surface area contributed by atoms with Gasteiger partial charge in [-0.25, -0.2) is 4.98 Å². The van der Waals surface area contributed by atoms with E-state index in [-0.39, 0.29) is 23.2 Å². The van der Waals surface area contributed by atoms with Gasteiger partial charge in [0.1, 0.15) is 0 Å². The normalized spacial score (nSPS) is 21.3. The highest BCUT2D eigenvalue weighted by atomic mass is 16.3. The van der Waals surface area contributed by atoms with E-state index in [2.05, 4.69) is 38.1 Å². The Balaban J connectivity index is 1.71. The fourth-order valence-corrected chi connectivity index (χ4v) is 3.95. The molecule has 0 atom stereocenters.